The molecule has 1 aromatic carbocycles. The predicted molar refractivity (Wildman–Crippen MR) is 77.7 cm³/mol. The highest BCUT2D eigenvalue weighted by molar-refractivity contribution is 5.94. The maximum Gasteiger partial charge on any atom is 0.290 e. The highest BCUT2D eigenvalue weighted by atomic mass is 16.3. The molecule has 1 heterocycles. The second-order valence-electron chi connectivity index (χ2n) is 5.02. The van der Waals surface area contributed by atoms with Gasteiger partial charge in [-0.3, -0.25) is 14.5 Å². The van der Waals surface area contributed by atoms with Crippen molar-refractivity contribution in [1.29, 1.82) is 0 Å². The van der Waals surface area contributed by atoms with Crippen LogP contribution in [-0.2, 0) is 4.79 Å². The molecule has 20 heavy (non-hydrogen) atoms. The minimum absolute atomic E-state index is 0.0428. The number of carboxylic acid groups (broad SMARTS) is 1. The van der Waals surface area contributed by atoms with Crippen LogP contribution < -0.4 is 5.32 Å². The summed E-state index contributed by atoms with van der Waals surface area (Å²) in [6, 6.07) is 10.3. The van der Waals surface area contributed by atoms with E-state index in [2.05, 4.69) is 24.1 Å². The topological polar surface area (TPSA) is 69.6 Å². The van der Waals surface area contributed by atoms with E-state index >= 15 is 0 Å². The lowest BCUT2D eigenvalue weighted by Gasteiger charge is -2.20. The minimum atomic E-state index is -0.250. The normalized spacial score (nSPS) is 18.2. The Kier molecular flexibility index (Phi) is 6.73. The zero-order valence-corrected chi connectivity index (χ0v) is 12.0. The molecule has 0 saturated carbocycles. The summed E-state index contributed by atoms with van der Waals surface area (Å²) in [5.74, 6) is 0.0428. The van der Waals surface area contributed by atoms with Crippen LogP contribution in [0, 0.1) is 0 Å². The molecule has 1 unspecified atom stereocenters. The molecule has 5 nitrogen and oxygen atoms in total. The van der Waals surface area contributed by atoms with E-state index < -0.39 is 0 Å². The van der Waals surface area contributed by atoms with Crippen molar-refractivity contribution in [2.45, 2.75) is 32.4 Å². The van der Waals surface area contributed by atoms with Crippen LogP contribution in [0.1, 0.15) is 30.6 Å². The number of nitrogens with one attached hydrogen (secondary N) is 1. The van der Waals surface area contributed by atoms with Gasteiger partial charge in [-0.25, -0.2) is 0 Å². The lowest BCUT2D eigenvalue weighted by Crippen LogP contribution is -2.38. The van der Waals surface area contributed by atoms with Crippen molar-refractivity contribution in [2.24, 2.45) is 0 Å². The van der Waals surface area contributed by atoms with Gasteiger partial charge < -0.3 is 10.4 Å². The summed E-state index contributed by atoms with van der Waals surface area (Å²) in [7, 11) is 0. The molecule has 5 heteroatoms. The van der Waals surface area contributed by atoms with Gasteiger partial charge in [0.15, 0.2) is 0 Å². The Bertz CT molecular complexity index is 420. The van der Waals surface area contributed by atoms with Crippen LogP contribution in [0.15, 0.2) is 30.3 Å². The molecule has 0 radical (unpaired) electrons. The van der Waals surface area contributed by atoms with Gasteiger partial charge in [0.1, 0.15) is 0 Å². The number of rotatable bonds is 3. The number of carbonyl (C=O) groups excluding carboxylic acids is 1. The molecule has 1 atom stereocenters. The van der Waals surface area contributed by atoms with Crippen LogP contribution in [0.5, 0.6) is 0 Å². The van der Waals surface area contributed by atoms with E-state index in [-0.39, 0.29) is 12.4 Å². The van der Waals surface area contributed by atoms with Gasteiger partial charge in [-0.2, -0.15) is 0 Å². The number of benzene rings is 1. The van der Waals surface area contributed by atoms with E-state index in [0.29, 0.717) is 12.1 Å². The van der Waals surface area contributed by atoms with E-state index in [4.69, 9.17) is 9.90 Å². The first-order valence-electron chi connectivity index (χ1n) is 6.76. The molecule has 0 aromatic heterocycles. The molecule has 1 amide bonds. The molecular formula is C15H22N2O3. The lowest BCUT2D eigenvalue weighted by atomic mass is 10.2. The van der Waals surface area contributed by atoms with Gasteiger partial charge in [-0.15, -0.1) is 0 Å². The third-order valence-electron chi connectivity index (χ3n) is 3.32. The lowest BCUT2D eigenvalue weighted by molar-refractivity contribution is -0.122. The number of nitrogens with zero attached hydrogens (tertiary/aromatic N) is 1. The first-order chi connectivity index (χ1) is 9.58. The van der Waals surface area contributed by atoms with Gasteiger partial charge in [-0.05, 0) is 32.4 Å². The van der Waals surface area contributed by atoms with Crippen molar-refractivity contribution in [3.05, 3.63) is 35.9 Å². The van der Waals surface area contributed by atoms with Crippen molar-refractivity contribution in [3.63, 3.8) is 0 Å². The number of carbonyl (C=O) groups is 2. The van der Waals surface area contributed by atoms with Crippen molar-refractivity contribution >= 4 is 12.4 Å². The maximum absolute atomic E-state index is 11.9. The van der Waals surface area contributed by atoms with Crippen molar-refractivity contribution in [1.82, 2.24) is 10.2 Å². The SMILES string of the molecule is CC(C)N1CCC(NC(=O)c2ccccc2)C1.O=CO. The smallest absolute Gasteiger partial charge is 0.290 e. The number of amides is 1. The Morgan fingerprint density at radius 2 is 2.00 bits per heavy atom. The van der Waals surface area contributed by atoms with Crippen LogP contribution in [0.3, 0.4) is 0 Å². The van der Waals surface area contributed by atoms with Crippen LogP contribution in [0.2, 0.25) is 0 Å². The Morgan fingerprint density at radius 3 is 2.50 bits per heavy atom. The standard InChI is InChI=1S/C14H20N2O.CH2O2/c1-11(2)16-9-8-13(10-16)15-14(17)12-6-4-3-5-7-12;2-1-3/h3-7,11,13H,8-10H2,1-2H3,(H,15,17);1H,(H,2,3). The fourth-order valence-corrected chi connectivity index (χ4v) is 2.23. The molecule has 1 fully saturated rings. The number of hydrogen-bond acceptors (Lipinski definition) is 3. The third kappa shape index (κ3) is 5.01. The van der Waals surface area contributed by atoms with Gasteiger partial charge in [0.05, 0.1) is 0 Å². The molecule has 0 aliphatic carbocycles. The van der Waals surface area contributed by atoms with E-state index in [0.717, 1.165) is 25.1 Å². The molecule has 0 bridgehead atoms. The van der Waals surface area contributed by atoms with Crippen molar-refractivity contribution in [2.75, 3.05) is 13.1 Å². The largest absolute Gasteiger partial charge is 0.483 e. The van der Waals surface area contributed by atoms with Gasteiger partial charge in [0, 0.05) is 30.7 Å². The van der Waals surface area contributed by atoms with E-state index in [9.17, 15) is 4.79 Å². The Labute approximate surface area is 119 Å². The fraction of sp³-hybridized carbons (Fsp3) is 0.467. The molecule has 2 N–H and O–H groups in total. The van der Waals surface area contributed by atoms with E-state index in [1.165, 1.54) is 0 Å². The van der Waals surface area contributed by atoms with Crippen LogP contribution in [0.4, 0.5) is 0 Å². The summed E-state index contributed by atoms with van der Waals surface area (Å²) in [6.45, 7) is 6.19. The van der Waals surface area contributed by atoms with Crippen LogP contribution >= 0.6 is 0 Å². The average Bonchev–Trinajstić information content (AvgIpc) is 2.89. The van der Waals surface area contributed by atoms with E-state index in [1.54, 1.807) is 0 Å². The summed E-state index contributed by atoms with van der Waals surface area (Å²) in [4.78, 5) is 22.7. The van der Waals surface area contributed by atoms with Gasteiger partial charge >= 0.3 is 0 Å². The number of hydrogen-bond donors (Lipinski definition) is 2. The first-order valence-corrected chi connectivity index (χ1v) is 6.76. The van der Waals surface area contributed by atoms with Gasteiger partial charge in [-0.1, -0.05) is 18.2 Å². The maximum atomic E-state index is 11.9. The summed E-state index contributed by atoms with van der Waals surface area (Å²) in [5, 5.41) is 9.99. The molecule has 1 aliphatic rings. The highest BCUT2D eigenvalue weighted by Crippen LogP contribution is 2.12. The zero-order valence-electron chi connectivity index (χ0n) is 12.0. The Hall–Kier alpha value is -1.88. The summed E-state index contributed by atoms with van der Waals surface area (Å²) in [5.41, 5.74) is 0.746. The summed E-state index contributed by atoms with van der Waals surface area (Å²) in [6.07, 6.45) is 1.05. The second kappa shape index (κ2) is 8.32. The molecular weight excluding hydrogens is 256 g/mol. The monoisotopic (exact) mass is 278 g/mol. The van der Waals surface area contributed by atoms with Crippen LogP contribution in [-0.4, -0.2) is 47.6 Å². The fourth-order valence-electron chi connectivity index (χ4n) is 2.23. The highest BCUT2D eigenvalue weighted by Gasteiger charge is 2.25. The van der Waals surface area contributed by atoms with Gasteiger partial charge in [0.2, 0.25) is 0 Å². The predicted octanol–water partition coefficient (Wildman–Crippen LogP) is 1.60. The quantitative estimate of drug-likeness (QED) is 0.824. The van der Waals surface area contributed by atoms with Crippen molar-refractivity contribution < 1.29 is 14.7 Å². The van der Waals surface area contributed by atoms with Crippen LogP contribution in [0.25, 0.3) is 0 Å². The molecule has 2 rings (SSSR count). The Morgan fingerprint density at radius 1 is 1.40 bits per heavy atom. The van der Waals surface area contributed by atoms with Crippen molar-refractivity contribution in [3.8, 4) is 0 Å². The average molecular weight is 278 g/mol. The molecule has 1 saturated heterocycles. The van der Waals surface area contributed by atoms with E-state index in [1.807, 2.05) is 30.3 Å². The number of likely N-dealkylation sites (tertiary alicyclic amines) is 1. The molecule has 1 aromatic rings. The minimum Gasteiger partial charge on any atom is -0.483 e. The van der Waals surface area contributed by atoms with Gasteiger partial charge in [0.25, 0.3) is 12.4 Å². The molecule has 1 aliphatic heterocycles. The zero-order chi connectivity index (χ0) is 15.0. The first kappa shape index (κ1) is 16.2. The molecule has 0 spiro atoms. The third-order valence-corrected chi connectivity index (χ3v) is 3.32. The second-order valence-corrected chi connectivity index (χ2v) is 5.02. The summed E-state index contributed by atoms with van der Waals surface area (Å²) < 4.78 is 0. The summed E-state index contributed by atoms with van der Waals surface area (Å²) >= 11 is 0. The molecule has 110 valence electrons. The Balaban J connectivity index is 0.000000612.